The van der Waals surface area contributed by atoms with Crippen LogP contribution in [-0.4, -0.2) is 0 Å². The lowest BCUT2D eigenvalue weighted by atomic mass is 9.67. The monoisotopic (exact) mass is 1100 g/mol. The van der Waals surface area contributed by atoms with E-state index in [0.717, 1.165) is 22.6 Å². The molecule has 13 aromatic carbocycles. The highest BCUT2D eigenvalue weighted by atomic mass is 32.2. The molecule has 13 aromatic rings. The average Bonchev–Trinajstić information content (AvgIpc) is 1.73. The third-order valence-electron chi connectivity index (χ3n) is 19.1. The van der Waals surface area contributed by atoms with Gasteiger partial charge in [-0.2, -0.15) is 0 Å². The molecule has 0 amide bonds. The van der Waals surface area contributed by atoms with Gasteiger partial charge in [-0.15, -0.1) is 0 Å². The zero-order valence-corrected chi connectivity index (χ0v) is 47.3. The molecule has 2 heterocycles. The highest BCUT2D eigenvalue weighted by Crippen LogP contribution is 2.66. The van der Waals surface area contributed by atoms with Gasteiger partial charge >= 0.3 is 0 Å². The van der Waals surface area contributed by atoms with Crippen LogP contribution in [0.2, 0.25) is 0 Å². The molecule has 0 radical (unpaired) electrons. The van der Waals surface area contributed by atoms with E-state index in [1.807, 2.05) is 23.5 Å². The lowest BCUT2D eigenvalue weighted by molar-refractivity contribution is 0.722. The van der Waals surface area contributed by atoms with E-state index in [4.69, 9.17) is 0 Å². The summed E-state index contributed by atoms with van der Waals surface area (Å²) in [7, 11) is 0. The summed E-state index contributed by atoms with van der Waals surface area (Å²) in [4.78, 5) is 7.79. The Morgan fingerprint density at radius 3 is 1.14 bits per heavy atom. The smallest absolute Gasteiger partial charge is 0.0736 e. The maximum atomic E-state index is 2.59. The van der Waals surface area contributed by atoms with Gasteiger partial charge in [0.15, 0.2) is 0 Å². The number of para-hydroxylation sites is 1. The van der Waals surface area contributed by atoms with Gasteiger partial charge in [0.05, 0.1) is 21.9 Å². The van der Waals surface area contributed by atoms with E-state index in [9.17, 15) is 0 Å². The summed E-state index contributed by atoms with van der Waals surface area (Å²) in [5.74, 6) is 0. The molecule has 5 aliphatic rings. The second kappa shape index (κ2) is 18.2. The fourth-order valence-electron chi connectivity index (χ4n) is 16.0. The van der Waals surface area contributed by atoms with E-state index in [-0.39, 0.29) is 0 Å². The Hall–Kier alpha value is -9.64. The molecule has 3 aliphatic carbocycles. The molecule has 84 heavy (non-hydrogen) atoms. The predicted molar refractivity (Wildman–Crippen MR) is 347 cm³/mol. The topological polar surface area (TPSA) is 3.24 Å². The highest BCUT2D eigenvalue weighted by Gasteiger charge is 2.53. The summed E-state index contributed by atoms with van der Waals surface area (Å²) in [6.07, 6.45) is 0. The minimum absolute atomic E-state index is 0.501. The Morgan fingerprint density at radius 2 is 0.583 bits per heavy atom. The summed E-state index contributed by atoms with van der Waals surface area (Å²) < 4.78 is 0. The zero-order chi connectivity index (χ0) is 55.1. The molecule has 18 rings (SSSR count). The van der Waals surface area contributed by atoms with Gasteiger partial charge in [0.25, 0.3) is 0 Å². The molecular weight excluding hydrogens is 1050 g/mol. The van der Waals surface area contributed by atoms with Crippen LogP contribution in [0.4, 0.5) is 17.1 Å². The molecule has 3 heteroatoms. The molecule has 0 saturated carbocycles. The predicted octanol–water partition coefficient (Wildman–Crippen LogP) is 20.8. The molecule has 0 fully saturated rings. The lowest BCUT2D eigenvalue weighted by Crippen LogP contribution is -2.32. The molecule has 0 N–H and O–H groups in total. The normalized spacial score (nSPS) is 14.9. The van der Waals surface area contributed by atoms with Crippen LogP contribution in [0.25, 0.3) is 44.5 Å². The van der Waals surface area contributed by atoms with E-state index in [1.54, 1.807) is 0 Å². The van der Waals surface area contributed by atoms with Crippen LogP contribution in [0.3, 0.4) is 0 Å². The van der Waals surface area contributed by atoms with Crippen molar-refractivity contribution in [2.75, 3.05) is 4.90 Å². The SMILES string of the molecule is c1ccc(C2(c3ccccc3)c3ccccc3-c3c(-c4ccccc4N(c4ccc5c(c4)-c4ccccc4C54c5ccccc5Sc5ccccc54)c4ccc5c(c4)C4(c6ccccc6Sc6ccccc64)c4ccccc4-5)cccc32)cc1. The molecule has 2 aliphatic heterocycles. The van der Waals surface area contributed by atoms with Crippen molar-refractivity contribution < 1.29 is 0 Å². The maximum absolute atomic E-state index is 2.59. The second-order valence-corrected chi connectivity index (χ2v) is 25.0. The van der Waals surface area contributed by atoms with Gasteiger partial charge in [-0.05, 0) is 160 Å². The van der Waals surface area contributed by atoms with Gasteiger partial charge in [0, 0.05) is 36.5 Å². The van der Waals surface area contributed by atoms with E-state index >= 15 is 0 Å². The van der Waals surface area contributed by atoms with Crippen molar-refractivity contribution in [3.8, 4) is 44.5 Å². The second-order valence-electron chi connectivity index (χ2n) is 22.8. The first-order chi connectivity index (χ1) is 41.7. The molecule has 392 valence electrons. The number of benzene rings is 13. The first-order valence-corrected chi connectivity index (χ1v) is 30.8. The average molecular weight is 1100 g/mol. The van der Waals surface area contributed by atoms with Gasteiger partial charge in [-0.3, -0.25) is 0 Å². The number of anilines is 3. The Balaban J connectivity index is 0.926. The van der Waals surface area contributed by atoms with Gasteiger partial charge in [0.1, 0.15) is 0 Å². The number of hydrogen-bond donors (Lipinski definition) is 0. The molecule has 0 saturated heterocycles. The fourth-order valence-corrected chi connectivity index (χ4v) is 18.4. The van der Waals surface area contributed by atoms with Crippen LogP contribution >= 0.6 is 23.5 Å². The first kappa shape index (κ1) is 47.9. The quantitative estimate of drug-likeness (QED) is 0.163. The van der Waals surface area contributed by atoms with Gasteiger partial charge in [-0.1, -0.05) is 278 Å². The van der Waals surface area contributed by atoms with Crippen molar-refractivity contribution in [3.05, 3.63) is 376 Å². The van der Waals surface area contributed by atoms with Crippen LogP contribution in [0.15, 0.2) is 329 Å². The minimum Gasteiger partial charge on any atom is -0.310 e. The Kier molecular flexibility index (Phi) is 10.4. The van der Waals surface area contributed by atoms with Gasteiger partial charge in [-0.25, -0.2) is 0 Å². The molecule has 2 spiro atoms. The van der Waals surface area contributed by atoms with Crippen LogP contribution in [0.1, 0.15) is 66.8 Å². The molecule has 0 aromatic heterocycles. The third-order valence-corrected chi connectivity index (χ3v) is 21.4. The molecule has 0 atom stereocenters. The van der Waals surface area contributed by atoms with E-state index in [1.165, 1.54) is 125 Å². The van der Waals surface area contributed by atoms with Crippen molar-refractivity contribution in [3.63, 3.8) is 0 Å². The summed E-state index contributed by atoms with van der Waals surface area (Å²) in [5, 5.41) is 0. The summed E-state index contributed by atoms with van der Waals surface area (Å²) in [6.45, 7) is 0. The number of nitrogens with zero attached hydrogens (tertiary/aromatic N) is 1. The summed E-state index contributed by atoms with van der Waals surface area (Å²) in [5.41, 5.74) is 27.3. The van der Waals surface area contributed by atoms with Crippen LogP contribution < -0.4 is 4.90 Å². The Morgan fingerprint density at radius 1 is 0.214 bits per heavy atom. The van der Waals surface area contributed by atoms with Crippen molar-refractivity contribution in [2.45, 2.75) is 35.8 Å². The zero-order valence-electron chi connectivity index (χ0n) is 45.7. The van der Waals surface area contributed by atoms with Gasteiger partial charge < -0.3 is 4.90 Å². The summed E-state index contributed by atoms with van der Waals surface area (Å²) >= 11 is 3.79. The van der Waals surface area contributed by atoms with Gasteiger partial charge in [0.2, 0.25) is 0 Å². The van der Waals surface area contributed by atoms with E-state index in [0.29, 0.717) is 0 Å². The minimum atomic E-state index is -0.559. The number of fused-ring (bicyclic) bond motifs is 21. The van der Waals surface area contributed by atoms with Crippen LogP contribution in [0.5, 0.6) is 0 Å². The van der Waals surface area contributed by atoms with E-state index < -0.39 is 16.2 Å². The van der Waals surface area contributed by atoms with Crippen LogP contribution in [-0.2, 0) is 16.2 Å². The van der Waals surface area contributed by atoms with Crippen molar-refractivity contribution in [2.24, 2.45) is 0 Å². The molecule has 0 bridgehead atoms. The largest absolute Gasteiger partial charge is 0.310 e. The van der Waals surface area contributed by atoms with Crippen molar-refractivity contribution in [1.82, 2.24) is 0 Å². The van der Waals surface area contributed by atoms with E-state index in [2.05, 4.69) is 314 Å². The standard InChI is InChI=1S/C81H51NS2/c1-3-24-52(25-4-1)79(53-26-5-2-6-27-53)65-35-13-9-31-61(65)78-60(32-23-40-71(78)79)59-30-10-18-41-73(59)82(54-47-49-66-62(50-54)57-29-8-12-34-64(57)80(66)67-36-14-19-42-74(67)83-75-43-20-15-37-68(75)80)55-46-48-58-56-28-7-11-33-63(56)81(72(58)51-55)69-38-16-21-44-76(69)84-77-45-22-17-39-70(77)81/h1-51H. The number of hydrogen-bond acceptors (Lipinski definition) is 3. The Bertz CT molecular complexity index is 4750. The van der Waals surface area contributed by atoms with Crippen molar-refractivity contribution >= 4 is 40.6 Å². The fraction of sp³-hybridized carbons (Fsp3) is 0.0370. The summed E-state index contributed by atoms with van der Waals surface area (Å²) in [6, 6.07) is 118. The molecule has 1 nitrogen and oxygen atoms in total. The number of rotatable bonds is 6. The highest BCUT2D eigenvalue weighted by molar-refractivity contribution is 7.99. The third kappa shape index (κ3) is 6.27. The first-order valence-electron chi connectivity index (χ1n) is 29.1. The van der Waals surface area contributed by atoms with Crippen LogP contribution in [0, 0.1) is 0 Å². The maximum Gasteiger partial charge on any atom is 0.0736 e. The lowest BCUT2D eigenvalue weighted by Gasteiger charge is -2.40. The Labute approximate surface area is 498 Å². The molecular formula is C81H51NS2. The molecule has 0 unspecified atom stereocenters. The van der Waals surface area contributed by atoms with Crippen molar-refractivity contribution in [1.29, 1.82) is 0 Å².